The van der Waals surface area contributed by atoms with Gasteiger partial charge in [-0.1, -0.05) is 25.7 Å². The van der Waals surface area contributed by atoms with Gasteiger partial charge in [0.2, 0.25) is 5.91 Å². The van der Waals surface area contributed by atoms with Gasteiger partial charge in [0, 0.05) is 12.5 Å². The lowest BCUT2D eigenvalue weighted by atomic mass is 10.1. The summed E-state index contributed by atoms with van der Waals surface area (Å²) >= 11 is 0. The van der Waals surface area contributed by atoms with Crippen LogP contribution in [0, 0.1) is 5.82 Å². The summed E-state index contributed by atoms with van der Waals surface area (Å²) in [5, 5.41) is 2.93. The van der Waals surface area contributed by atoms with E-state index in [0.717, 1.165) is 37.8 Å². The highest BCUT2D eigenvalue weighted by Crippen LogP contribution is 2.17. The van der Waals surface area contributed by atoms with Gasteiger partial charge in [0.05, 0.1) is 10.6 Å². The Morgan fingerprint density at radius 2 is 1.68 bits per heavy atom. The predicted molar refractivity (Wildman–Crippen MR) is 82.7 cm³/mol. The second-order valence-electron chi connectivity index (χ2n) is 5.78. The van der Waals surface area contributed by atoms with Gasteiger partial charge in [0.1, 0.15) is 5.82 Å². The van der Waals surface area contributed by atoms with Crippen LogP contribution < -0.4 is 5.32 Å². The topological polar surface area (TPSA) is 63.2 Å². The van der Waals surface area contributed by atoms with Gasteiger partial charge in [-0.2, -0.15) is 0 Å². The average molecular weight is 327 g/mol. The van der Waals surface area contributed by atoms with Crippen molar-refractivity contribution in [3.8, 4) is 0 Å². The van der Waals surface area contributed by atoms with Crippen LogP contribution in [0.1, 0.15) is 44.9 Å². The zero-order valence-corrected chi connectivity index (χ0v) is 13.4. The van der Waals surface area contributed by atoms with Crippen molar-refractivity contribution in [2.45, 2.75) is 55.9 Å². The molecule has 22 heavy (non-hydrogen) atoms. The third kappa shape index (κ3) is 5.09. The maximum absolute atomic E-state index is 12.8. The molecule has 0 bridgehead atoms. The highest BCUT2D eigenvalue weighted by atomic mass is 32.2. The molecule has 1 aromatic rings. The second-order valence-corrected chi connectivity index (χ2v) is 7.89. The molecule has 0 atom stereocenters. The minimum atomic E-state index is -3.55. The number of nitrogens with one attached hydrogen (secondary N) is 1. The Balaban J connectivity index is 1.85. The molecule has 0 saturated heterocycles. The summed E-state index contributed by atoms with van der Waals surface area (Å²) in [5.74, 6) is -0.959. The van der Waals surface area contributed by atoms with E-state index in [9.17, 15) is 17.6 Å². The smallest absolute Gasteiger partial charge is 0.221 e. The lowest BCUT2D eigenvalue weighted by Crippen LogP contribution is -2.35. The van der Waals surface area contributed by atoms with Crippen molar-refractivity contribution in [3.05, 3.63) is 30.1 Å². The zero-order chi connectivity index (χ0) is 16.0. The molecule has 6 heteroatoms. The third-order valence-electron chi connectivity index (χ3n) is 3.99. The molecule has 1 fully saturated rings. The average Bonchev–Trinajstić information content (AvgIpc) is 2.74. The molecule has 1 saturated carbocycles. The number of sulfone groups is 1. The summed E-state index contributed by atoms with van der Waals surface area (Å²) in [4.78, 5) is 12.0. The fourth-order valence-corrected chi connectivity index (χ4v) is 3.95. The van der Waals surface area contributed by atoms with Crippen LogP contribution in [-0.2, 0) is 14.6 Å². The Hall–Kier alpha value is -1.43. The standard InChI is InChI=1S/C16H22FNO3S/c17-13-7-9-15(10-8-13)22(20,21)12-11-16(19)18-14-5-3-1-2-4-6-14/h7-10,14H,1-6,11-12H2,(H,18,19). The summed E-state index contributed by atoms with van der Waals surface area (Å²) in [7, 11) is -3.55. The number of carbonyl (C=O) groups excluding carboxylic acids is 1. The Morgan fingerprint density at radius 3 is 2.27 bits per heavy atom. The third-order valence-corrected chi connectivity index (χ3v) is 5.72. The molecule has 0 aromatic heterocycles. The molecular formula is C16H22FNO3S. The zero-order valence-electron chi connectivity index (χ0n) is 12.6. The van der Waals surface area contributed by atoms with Gasteiger partial charge < -0.3 is 5.32 Å². The Labute approximate surface area is 131 Å². The number of benzene rings is 1. The molecule has 0 heterocycles. The number of amides is 1. The summed E-state index contributed by atoms with van der Waals surface area (Å²) in [6.45, 7) is 0. The minimum absolute atomic E-state index is 0.0520. The monoisotopic (exact) mass is 327 g/mol. The van der Waals surface area contributed by atoms with Crippen LogP contribution >= 0.6 is 0 Å². The number of hydrogen-bond acceptors (Lipinski definition) is 3. The van der Waals surface area contributed by atoms with E-state index in [2.05, 4.69) is 5.32 Å². The van der Waals surface area contributed by atoms with Crippen molar-refractivity contribution in [3.63, 3.8) is 0 Å². The van der Waals surface area contributed by atoms with Crippen LogP contribution in [-0.4, -0.2) is 26.1 Å². The summed E-state index contributed by atoms with van der Waals surface area (Å²) in [6, 6.07) is 4.85. The van der Waals surface area contributed by atoms with Crippen molar-refractivity contribution in [2.75, 3.05) is 5.75 Å². The van der Waals surface area contributed by atoms with Crippen LogP contribution in [0.15, 0.2) is 29.2 Å². The van der Waals surface area contributed by atoms with Crippen LogP contribution in [0.5, 0.6) is 0 Å². The van der Waals surface area contributed by atoms with Crippen molar-refractivity contribution < 1.29 is 17.6 Å². The molecule has 1 aromatic carbocycles. The molecule has 0 spiro atoms. The largest absolute Gasteiger partial charge is 0.353 e. The lowest BCUT2D eigenvalue weighted by Gasteiger charge is -2.16. The van der Waals surface area contributed by atoms with Gasteiger partial charge in [0.15, 0.2) is 9.84 Å². The minimum Gasteiger partial charge on any atom is -0.353 e. The number of rotatable bonds is 5. The first-order chi connectivity index (χ1) is 10.5. The number of carbonyl (C=O) groups is 1. The highest BCUT2D eigenvalue weighted by molar-refractivity contribution is 7.91. The van der Waals surface area contributed by atoms with Gasteiger partial charge in [-0.3, -0.25) is 4.79 Å². The molecular weight excluding hydrogens is 305 g/mol. The van der Waals surface area contributed by atoms with Crippen molar-refractivity contribution in [1.82, 2.24) is 5.32 Å². The van der Waals surface area contributed by atoms with Gasteiger partial charge in [-0.05, 0) is 37.1 Å². The van der Waals surface area contributed by atoms with E-state index >= 15 is 0 Å². The SMILES string of the molecule is O=C(CCS(=O)(=O)c1ccc(F)cc1)NC1CCCCCC1. The second kappa shape index (κ2) is 7.72. The maximum Gasteiger partial charge on any atom is 0.221 e. The fourth-order valence-electron chi connectivity index (χ4n) is 2.71. The van der Waals surface area contributed by atoms with Gasteiger partial charge >= 0.3 is 0 Å². The van der Waals surface area contributed by atoms with E-state index in [1.54, 1.807) is 0 Å². The number of halogens is 1. The first kappa shape index (κ1) is 16.9. The van der Waals surface area contributed by atoms with Crippen molar-refractivity contribution >= 4 is 15.7 Å². The predicted octanol–water partition coefficient (Wildman–Crippen LogP) is 2.83. The van der Waals surface area contributed by atoms with Crippen molar-refractivity contribution in [1.29, 1.82) is 0 Å². The summed E-state index contributed by atoms with van der Waals surface area (Å²) in [6.07, 6.45) is 6.50. The normalized spacial score (nSPS) is 17.0. The Bertz CT molecular complexity index is 590. The van der Waals surface area contributed by atoms with Crippen LogP contribution in [0.3, 0.4) is 0 Å². The molecule has 2 rings (SSSR count). The fraction of sp³-hybridized carbons (Fsp3) is 0.562. The van der Waals surface area contributed by atoms with Crippen LogP contribution in [0.25, 0.3) is 0 Å². The van der Waals surface area contributed by atoms with E-state index in [4.69, 9.17) is 0 Å². The van der Waals surface area contributed by atoms with E-state index < -0.39 is 15.7 Å². The number of hydrogen-bond donors (Lipinski definition) is 1. The quantitative estimate of drug-likeness (QED) is 0.668. The van der Waals surface area contributed by atoms with Gasteiger partial charge in [-0.15, -0.1) is 0 Å². The van der Waals surface area contributed by atoms with Crippen LogP contribution in [0.2, 0.25) is 0 Å². The lowest BCUT2D eigenvalue weighted by molar-refractivity contribution is -0.121. The first-order valence-electron chi connectivity index (χ1n) is 7.75. The van der Waals surface area contributed by atoms with E-state index in [0.29, 0.717) is 0 Å². The molecule has 1 N–H and O–H groups in total. The van der Waals surface area contributed by atoms with E-state index in [1.165, 1.54) is 25.0 Å². The molecule has 0 unspecified atom stereocenters. The molecule has 1 aliphatic rings. The van der Waals surface area contributed by atoms with E-state index in [-0.39, 0.29) is 29.0 Å². The van der Waals surface area contributed by atoms with Gasteiger partial charge in [-0.25, -0.2) is 12.8 Å². The highest BCUT2D eigenvalue weighted by Gasteiger charge is 2.19. The Kier molecular flexibility index (Phi) is 5.94. The maximum atomic E-state index is 12.8. The Morgan fingerprint density at radius 1 is 1.09 bits per heavy atom. The molecule has 0 radical (unpaired) electrons. The molecule has 1 amide bonds. The van der Waals surface area contributed by atoms with Crippen molar-refractivity contribution in [2.24, 2.45) is 0 Å². The molecule has 1 aliphatic carbocycles. The molecule has 122 valence electrons. The van der Waals surface area contributed by atoms with E-state index in [1.807, 2.05) is 0 Å². The molecule has 4 nitrogen and oxygen atoms in total. The van der Waals surface area contributed by atoms with Crippen LogP contribution in [0.4, 0.5) is 4.39 Å². The molecule has 0 aliphatic heterocycles. The first-order valence-corrected chi connectivity index (χ1v) is 9.40. The van der Waals surface area contributed by atoms with Gasteiger partial charge in [0.25, 0.3) is 0 Å². The summed E-state index contributed by atoms with van der Waals surface area (Å²) in [5.41, 5.74) is 0. The summed E-state index contributed by atoms with van der Waals surface area (Å²) < 4.78 is 37.0.